The summed E-state index contributed by atoms with van der Waals surface area (Å²) in [6.07, 6.45) is 0.0811. The summed E-state index contributed by atoms with van der Waals surface area (Å²) in [6, 6.07) is 0. The number of hydrogen-bond donors (Lipinski definition) is 0. The highest BCUT2D eigenvalue weighted by molar-refractivity contribution is 5.22. The molecule has 80 valence electrons. The molecule has 0 N–H and O–H groups in total. The van der Waals surface area contributed by atoms with Gasteiger partial charge < -0.3 is 4.74 Å². The van der Waals surface area contributed by atoms with Crippen LogP contribution in [0.15, 0.2) is 23.5 Å². The van der Waals surface area contributed by atoms with Crippen LogP contribution in [0.2, 0.25) is 0 Å². The molecular formula is C10H13F3O. The normalized spacial score (nSPS) is 22.8. The molecule has 1 aliphatic carbocycles. The van der Waals surface area contributed by atoms with Gasteiger partial charge in [0.2, 0.25) is 0 Å². The van der Waals surface area contributed by atoms with Crippen molar-refractivity contribution in [3.05, 3.63) is 23.5 Å². The molecule has 0 saturated heterocycles. The first-order chi connectivity index (χ1) is 6.42. The average molecular weight is 206 g/mol. The number of alkyl halides is 3. The molecule has 0 spiro atoms. The predicted octanol–water partition coefficient (Wildman–Crippen LogP) is 3.78. The van der Waals surface area contributed by atoms with E-state index in [4.69, 9.17) is 0 Å². The van der Waals surface area contributed by atoms with E-state index in [1.807, 2.05) is 6.92 Å². The van der Waals surface area contributed by atoms with Crippen LogP contribution in [0, 0.1) is 5.92 Å². The molecule has 0 aliphatic heterocycles. The van der Waals surface area contributed by atoms with Crippen LogP contribution in [0.25, 0.3) is 0 Å². The highest BCUT2D eigenvalue weighted by Crippen LogP contribution is 2.31. The molecule has 0 radical (unpaired) electrons. The predicted molar refractivity (Wildman–Crippen MR) is 47.4 cm³/mol. The zero-order chi connectivity index (χ0) is 10.8. The molecule has 1 atom stereocenters. The molecule has 0 amide bonds. The summed E-state index contributed by atoms with van der Waals surface area (Å²) in [7, 11) is 0. The Balaban J connectivity index is 2.70. The van der Waals surface area contributed by atoms with E-state index in [0.29, 0.717) is 6.42 Å². The molecule has 0 fully saturated rings. The Morgan fingerprint density at radius 1 is 1.43 bits per heavy atom. The number of hydrogen-bond acceptors (Lipinski definition) is 1. The van der Waals surface area contributed by atoms with Gasteiger partial charge in [0, 0.05) is 5.92 Å². The minimum atomic E-state index is -4.57. The van der Waals surface area contributed by atoms with Gasteiger partial charge in [-0.15, -0.1) is 13.2 Å². The quantitative estimate of drug-likeness (QED) is 0.668. The fraction of sp³-hybridized carbons (Fsp3) is 0.600. The molecule has 0 aromatic heterocycles. The van der Waals surface area contributed by atoms with Gasteiger partial charge in [0.25, 0.3) is 0 Å². The van der Waals surface area contributed by atoms with E-state index in [0.717, 1.165) is 12.0 Å². The molecule has 1 nitrogen and oxygen atoms in total. The van der Waals surface area contributed by atoms with E-state index in [1.54, 1.807) is 13.0 Å². The van der Waals surface area contributed by atoms with E-state index in [9.17, 15) is 13.2 Å². The molecule has 14 heavy (non-hydrogen) atoms. The highest BCUT2D eigenvalue weighted by atomic mass is 19.4. The smallest absolute Gasteiger partial charge is 0.410 e. The number of allylic oxidation sites excluding steroid dienone is 4. The monoisotopic (exact) mass is 206 g/mol. The third-order valence-corrected chi connectivity index (χ3v) is 2.23. The lowest BCUT2D eigenvalue weighted by Crippen LogP contribution is -2.18. The Bertz CT molecular complexity index is 263. The summed E-state index contributed by atoms with van der Waals surface area (Å²) in [5, 5.41) is 0. The molecule has 1 aliphatic rings. The summed E-state index contributed by atoms with van der Waals surface area (Å²) < 4.78 is 39.6. The number of ether oxygens (including phenoxy) is 1. The molecule has 0 saturated carbocycles. The van der Waals surface area contributed by atoms with Crippen molar-refractivity contribution in [3.63, 3.8) is 0 Å². The van der Waals surface area contributed by atoms with Crippen molar-refractivity contribution in [2.45, 2.75) is 33.1 Å². The molecule has 1 rings (SSSR count). The maximum atomic E-state index is 11.9. The molecule has 0 bridgehead atoms. The first-order valence-electron chi connectivity index (χ1n) is 4.57. The van der Waals surface area contributed by atoms with Gasteiger partial charge in [0.15, 0.2) is 0 Å². The van der Waals surface area contributed by atoms with Crippen LogP contribution in [0.4, 0.5) is 13.2 Å². The van der Waals surface area contributed by atoms with E-state index < -0.39 is 6.36 Å². The third kappa shape index (κ3) is 3.09. The van der Waals surface area contributed by atoms with E-state index in [-0.39, 0.29) is 11.7 Å². The van der Waals surface area contributed by atoms with Crippen molar-refractivity contribution in [1.29, 1.82) is 0 Å². The molecule has 0 heterocycles. The Morgan fingerprint density at radius 3 is 2.50 bits per heavy atom. The number of rotatable bonds is 2. The van der Waals surface area contributed by atoms with Gasteiger partial charge in [-0.25, -0.2) is 0 Å². The Morgan fingerprint density at radius 2 is 2.07 bits per heavy atom. The van der Waals surface area contributed by atoms with Crippen LogP contribution < -0.4 is 0 Å². The topological polar surface area (TPSA) is 9.23 Å². The standard InChI is InChI=1S/C10H13F3O/c1-3-8-4-5-9(7(2)6-8)14-10(11,12)13/h4-5,7H,3,6H2,1-2H3. The zero-order valence-corrected chi connectivity index (χ0v) is 8.19. The summed E-state index contributed by atoms with van der Waals surface area (Å²) in [4.78, 5) is 0. The van der Waals surface area contributed by atoms with Crippen LogP contribution in [-0.2, 0) is 4.74 Å². The SMILES string of the molecule is CCC1=CC=C(OC(F)(F)F)C(C)C1. The molecular weight excluding hydrogens is 193 g/mol. The van der Waals surface area contributed by atoms with Gasteiger partial charge >= 0.3 is 6.36 Å². The van der Waals surface area contributed by atoms with Crippen LogP contribution >= 0.6 is 0 Å². The Kier molecular flexibility index (Phi) is 3.24. The fourth-order valence-electron chi connectivity index (χ4n) is 1.46. The lowest BCUT2D eigenvalue weighted by atomic mass is 9.93. The van der Waals surface area contributed by atoms with Gasteiger partial charge in [-0.2, -0.15) is 0 Å². The van der Waals surface area contributed by atoms with Gasteiger partial charge in [-0.05, 0) is 18.9 Å². The minimum absolute atomic E-state index is 0.00898. The van der Waals surface area contributed by atoms with E-state index >= 15 is 0 Å². The van der Waals surface area contributed by atoms with Crippen LogP contribution in [0.5, 0.6) is 0 Å². The largest absolute Gasteiger partial charge is 0.572 e. The molecule has 0 aromatic rings. The van der Waals surface area contributed by atoms with E-state index in [1.165, 1.54) is 6.08 Å². The fourth-order valence-corrected chi connectivity index (χ4v) is 1.46. The molecule has 1 unspecified atom stereocenters. The molecule has 0 aromatic carbocycles. The van der Waals surface area contributed by atoms with Crippen molar-refractivity contribution in [2.24, 2.45) is 5.92 Å². The average Bonchev–Trinajstić information content (AvgIpc) is 2.06. The Labute approximate surface area is 81.2 Å². The maximum absolute atomic E-state index is 11.9. The summed E-state index contributed by atoms with van der Waals surface area (Å²) in [5.74, 6) is -0.175. The Hall–Kier alpha value is -0.930. The van der Waals surface area contributed by atoms with Gasteiger partial charge in [-0.3, -0.25) is 0 Å². The highest BCUT2D eigenvalue weighted by Gasteiger charge is 2.34. The second-order valence-electron chi connectivity index (χ2n) is 3.40. The van der Waals surface area contributed by atoms with Crippen molar-refractivity contribution in [1.82, 2.24) is 0 Å². The van der Waals surface area contributed by atoms with Gasteiger partial charge in [0.1, 0.15) is 5.76 Å². The lowest BCUT2D eigenvalue weighted by Gasteiger charge is -2.22. The van der Waals surface area contributed by atoms with Gasteiger partial charge in [-0.1, -0.05) is 25.5 Å². The second-order valence-corrected chi connectivity index (χ2v) is 3.40. The second kappa shape index (κ2) is 4.07. The van der Waals surface area contributed by atoms with Crippen molar-refractivity contribution in [3.8, 4) is 0 Å². The summed E-state index contributed by atoms with van der Waals surface area (Å²) in [5.41, 5.74) is 1.16. The summed E-state index contributed by atoms with van der Waals surface area (Å²) in [6.45, 7) is 3.72. The lowest BCUT2D eigenvalue weighted by molar-refractivity contribution is -0.308. The van der Waals surface area contributed by atoms with Crippen LogP contribution in [0.1, 0.15) is 26.7 Å². The molecule has 4 heteroatoms. The van der Waals surface area contributed by atoms with E-state index in [2.05, 4.69) is 4.74 Å². The van der Waals surface area contributed by atoms with Gasteiger partial charge in [0.05, 0.1) is 0 Å². The summed E-state index contributed by atoms with van der Waals surface area (Å²) >= 11 is 0. The van der Waals surface area contributed by atoms with Crippen LogP contribution in [0.3, 0.4) is 0 Å². The van der Waals surface area contributed by atoms with Crippen molar-refractivity contribution >= 4 is 0 Å². The maximum Gasteiger partial charge on any atom is 0.572 e. The minimum Gasteiger partial charge on any atom is -0.410 e. The first-order valence-corrected chi connectivity index (χ1v) is 4.57. The third-order valence-electron chi connectivity index (χ3n) is 2.23. The van der Waals surface area contributed by atoms with Crippen molar-refractivity contribution < 1.29 is 17.9 Å². The van der Waals surface area contributed by atoms with Crippen molar-refractivity contribution in [2.75, 3.05) is 0 Å². The number of halogens is 3. The zero-order valence-electron chi connectivity index (χ0n) is 8.19. The van der Waals surface area contributed by atoms with Crippen LogP contribution in [-0.4, -0.2) is 6.36 Å². The first kappa shape index (κ1) is 11.1.